The van der Waals surface area contributed by atoms with E-state index in [1.54, 1.807) is 0 Å². The molecule has 0 aromatic carbocycles. The Hall–Kier alpha value is -0.0600. The van der Waals surface area contributed by atoms with Gasteiger partial charge in [-0.05, 0) is 0 Å². The van der Waals surface area contributed by atoms with Crippen LogP contribution in [0.1, 0.15) is 0 Å². The first-order valence-electron chi connectivity index (χ1n) is 1.31. The molecule has 0 rings (SSSR count). The number of thiol groups is 1. The van der Waals surface area contributed by atoms with E-state index < -0.39 is 0 Å². The van der Waals surface area contributed by atoms with Crippen LogP contribution in [0.25, 0.3) is 0 Å². The van der Waals surface area contributed by atoms with E-state index >= 15 is 0 Å². The van der Waals surface area contributed by atoms with Crippen LogP contribution in [-0.2, 0) is 9.63 Å². The van der Waals surface area contributed by atoms with Crippen molar-refractivity contribution < 1.29 is 9.63 Å². The molecule has 0 unspecified atom stereocenters. The third-order valence-electron chi connectivity index (χ3n) is 0.207. The Labute approximate surface area is 40.8 Å². The standard InChI is InChI=1S/C2H5NO2S/c3-5-1-2(4)6/h1,3H2,(H,4,6). The van der Waals surface area contributed by atoms with E-state index in [4.69, 9.17) is 0 Å². The number of carbonyl (C=O) groups is 1. The summed E-state index contributed by atoms with van der Waals surface area (Å²) in [6.45, 7) is -0.122. The van der Waals surface area contributed by atoms with Crippen molar-refractivity contribution >= 4 is 17.7 Å². The van der Waals surface area contributed by atoms with Crippen LogP contribution in [0.4, 0.5) is 0 Å². The summed E-state index contributed by atoms with van der Waals surface area (Å²) in [4.78, 5) is 13.6. The van der Waals surface area contributed by atoms with E-state index in [0.717, 1.165) is 0 Å². The smallest absolute Gasteiger partial charge is 0.213 e. The van der Waals surface area contributed by atoms with Crippen LogP contribution in [-0.4, -0.2) is 11.7 Å². The minimum atomic E-state index is -0.363. The molecular formula is C2H5NO2S. The molecule has 4 heteroatoms. The van der Waals surface area contributed by atoms with Crippen molar-refractivity contribution in [1.29, 1.82) is 0 Å². The number of nitrogens with two attached hydrogens (primary N) is 1. The molecule has 3 nitrogen and oxygen atoms in total. The van der Waals surface area contributed by atoms with Gasteiger partial charge >= 0.3 is 0 Å². The van der Waals surface area contributed by atoms with Gasteiger partial charge in [0, 0.05) is 0 Å². The Morgan fingerprint density at radius 3 is 2.50 bits per heavy atom. The van der Waals surface area contributed by atoms with Crippen LogP contribution in [0.2, 0.25) is 0 Å². The van der Waals surface area contributed by atoms with Crippen molar-refractivity contribution in [3.63, 3.8) is 0 Å². The van der Waals surface area contributed by atoms with Gasteiger partial charge in [-0.3, -0.25) is 9.63 Å². The van der Waals surface area contributed by atoms with Crippen molar-refractivity contribution in [2.75, 3.05) is 6.61 Å². The molecule has 36 valence electrons. The fraction of sp³-hybridized carbons (Fsp3) is 0.500. The zero-order valence-electron chi connectivity index (χ0n) is 3.05. The normalized spacial score (nSPS) is 8.33. The molecule has 2 N–H and O–H groups in total. The Balaban J connectivity index is 2.83. The SMILES string of the molecule is NOCC(=O)S. The lowest BCUT2D eigenvalue weighted by Crippen LogP contribution is -2.05. The van der Waals surface area contributed by atoms with E-state index in [1.165, 1.54) is 0 Å². The zero-order valence-corrected chi connectivity index (χ0v) is 3.94. The summed E-state index contributed by atoms with van der Waals surface area (Å²) in [6.07, 6.45) is 0. The van der Waals surface area contributed by atoms with Crippen LogP contribution < -0.4 is 5.90 Å². The van der Waals surface area contributed by atoms with Gasteiger partial charge in [0.25, 0.3) is 0 Å². The monoisotopic (exact) mass is 107 g/mol. The van der Waals surface area contributed by atoms with E-state index in [2.05, 4.69) is 23.4 Å². The number of hydrogen-bond acceptors (Lipinski definition) is 3. The average Bonchev–Trinajstić information content (AvgIpc) is 1.35. The Morgan fingerprint density at radius 1 is 2.00 bits per heavy atom. The second-order valence-electron chi connectivity index (χ2n) is 0.705. The predicted molar refractivity (Wildman–Crippen MR) is 24.1 cm³/mol. The fourth-order valence-electron chi connectivity index (χ4n) is 0.0713. The molecule has 0 saturated carbocycles. The fourth-order valence-corrected chi connectivity index (χ4v) is 0.146. The maximum atomic E-state index is 9.70. The van der Waals surface area contributed by atoms with E-state index in [0.29, 0.717) is 0 Å². The molecule has 0 aliphatic heterocycles. The van der Waals surface area contributed by atoms with Crippen LogP contribution in [0.5, 0.6) is 0 Å². The second kappa shape index (κ2) is 3.14. The first-order chi connectivity index (χ1) is 2.77. The summed E-state index contributed by atoms with van der Waals surface area (Å²) < 4.78 is 0. The van der Waals surface area contributed by atoms with Crippen LogP contribution >= 0.6 is 12.6 Å². The highest BCUT2D eigenvalue weighted by Gasteiger charge is 1.86. The summed E-state index contributed by atoms with van der Waals surface area (Å²) in [6, 6.07) is 0. The molecular weight excluding hydrogens is 102 g/mol. The van der Waals surface area contributed by atoms with Crippen LogP contribution in [0, 0.1) is 0 Å². The molecule has 0 atom stereocenters. The minimum absolute atomic E-state index is 0.122. The molecule has 0 heterocycles. The predicted octanol–water partition coefficient (Wildman–Crippen LogP) is -0.667. The summed E-state index contributed by atoms with van der Waals surface area (Å²) in [7, 11) is 0. The molecule has 6 heavy (non-hydrogen) atoms. The topological polar surface area (TPSA) is 52.3 Å². The summed E-state index contributed by atoms with van der Waals surface area (Å²) in [5, 5.41) is -0.363. The highest BCUT2D eigenvalue weighted by molar-refractivity contribution is 7.96. The van der Waals surface area contributed by atoms with Gasteiger partial charge in [0.15, 0.2) is 0 Å². The molecule has 0 aromatic heterocycles. The molecule has 0 radical (unpaired) electrons. The molecule has 0 bridgehead atoms. The van der Waals surface area contributed by atoms with Gasteiger partial charge in [-0.25, -0.2) is 5.90 Å². The number of rotatable bonds is 2. The minimum Gasteiger partial charge on any atom is -0.296 e. The molecule has 0 spiro atoms. The molecule has 0 aromatic rings. The quantitative estimate of drug-likeness (QED) is 0.363. The zero-order chi connectivity index (χ0) is 4.99. The van der Waals surface area contributed by atoms with Crippen molar-refractivity contribution in [2.24, 2.45) is 5.90 Å². The lowest BCUT2D eigenvalue weighted by Gasteiger charge is -1.83. The van der Waals surface area contributed by atoms with Gasteiger partial charge in [0.1, 0.15) is 6.61 Å². The van der Waals surface area contributed by atoms with E-state index in [-0.39, 0.29) is 11.7 Å². The van der Waals surface area contributed by atoms with Crippen molar-refractivity contribution in [1.82, 2.24) is 0 Å². The molecule has 0 aliphatic rings. The molecule has 0 aliphatic carbocycles. The van der Waals surface area contributed by atoms with Crippen molar-refractivity contribution in [3.8, 4) is 0 Å². The third-order valence-corrected chi connectivity index (χ3v) is 0.336. The van der Waals surface area contributed by atoms with Crippen LogP contribution in [0.3, 0.4) is 0 Å². The number of carbonyl (C=O) groups excluding carboxylic acids is 1. The summed E-state index contributed by atoms with van der Waals surface area (Å²) in [5.74, 6) is 4.46. The van der Waals surface area contributed by atoms with Gasteiger partial charge in [0.2, 0.25) is 5.12 Å². The maximum Gasteiger partial charge on any atom is 0.213 e. The Kier molecular flexibility index (Phi) is 3.11. The average molecular weight is 107 g/mol. The molecule has 0 fully saturated rings. The van der Waals surface area contributed by atoms with Gasteiger partial charge in [-0.15, -0.1) is 12.6 Å². The lowest BCUT2D eigenvalue weighted by atomic mass is 10.8. The lowest BCUT2D eigenvalue weighted by molar-refractivity contribution is -0.115. The highest BCUT2D eigenvalue weighted by atomic mass is 32.1. The van der Waals surface area contributed by atoms with Gasteiger partial charge < -0.3 is 0 Å². The first kappa shape index (κ1) is 5.94. The van der Waals surface area contributed by atoms with Gasteiger partial charge in [0.05, 0.1) is 0 Å². The molecule has 0 saturated heterocycles. The van der Waals surface area contributed by atoms with Crippen molar-refractivity contribution in [3.05, 3.63) is 0 Å². The highest BCUT2D eigenvalue weighted by Crippen LogP contribution is 1.73. The maximum absolute atomic E-state index is 9.70. The van der Waals surface area contributed by atoms with Gasteiger partial charge in [-0.2, -0.15) is 0 Å². The van der Waals surface area contributed by atoms with Crippen LogP contribution in [0.15, 0.2) is 0 Å². The summed E-state index contributed by atoms with van der Waals surface area (Å²) >= 11 is 3.33. The first-order valence-corrected chi connectivity index (χ1v) is 1.75. The van der Waals surface area contributed by atoms with E-state index in [9.17, 15) is 4.79 Å². The van der Waals surface area contributed by atoms with Gasteiger partial charge in [-0.1, -0.05) is 0 Å². The molecule has 0 amide bonds. The van der Waals surface area contributed by atoms with Crippen molar-refractivity contribution in [2.45, 2.75) is 0 Å². The largest absolute Gasteiger partial charge is 0.296 e. The second-order valence-corrected chi connectivity index (χ2v) is 1.20. The third kappa shape index (κ3) is 3.94. The summed E-state index contributed by atoms with van der Waals surface area (Å²) in [5.41, 5.74) is 0. The Bertz CT molecular complexity index is 55.5. The number of hydrogen-bond donors (Lipinski definition) is 2. The Morgan fingerprint density at radius 2 is 2.50 bits per heavy atom. The van der Waals surface area contributed by atoms with E-state index in [1.807, 2.05) is 0 Å².